The summed E-state index contributed by atoms with van der Waals surface area (Å²) in [6.45, 7) is 6.90. The monoisotopic (exact) mass is 479 g/mol. The van der Waals surface area contributed by atoms with Crippen LogP contribution in [0.5, 0.6) is 5.75 Å². The summed E-state index contributed by atoms with van der Waals surface area (Å²) in [5, 5.41) is 0. The van der Waals surface area contributed by atoms with E-state index in [1.807, 2.05) is 24.3 Å². The first kappa shape index (κ1) is 28.3. The van der Waals surface area contributed by atoms with E-state index in [9.17, 15) is 9.13 Å². The number of rotatable bonds is 16. The van der Waals surface area contributed by atoms with Crippen LogP contribution in [0, 0.1) is 0 Å². The van der Waals surface area contributed by atoms with Gasteiger partial charge in [0.1, 0.15) is 23.9 Å². The topological polar surface area (TPSA) is 83.5 Å². The molecule has 0 amide bonds. The highest BCUT2D eigenvalue weighted by molar-refractivity contribution is 7.54. The van der Waals surface area contributed by atoms with Gasteiger partial charge in [-0.05, 0) is 43.9 Å². The van der Waals surface area contributed by atoms with Gasteiger partial charge in [-0.2, -0.15) is 0 Å². The first-order valence-corrected chi connectivity index (χ1v) is 14.0. The van der Waals surface area contributed by atoms with E-state index in [0.29, 0.717) is 13.0 Å². The van der Waals surface area contributed by atoms with Gasteiger partial charge in [-0.1, -0.05) is 32.4 Å². The smallest absolute Gasteiger partial charge is 0.344 e. The maximum absolute atomic E-state index is 12.6. The molecule has 0 N–H and O–H groups in total. The van der Waals surface area contributed by atoms with Gasteiger partial charge in [0.05, 0.1) is 0 Å². The lowest BCUT2D eigenvalue weighted by Gasteiger charge is -2.29. The fraction of sp³-hybridized carbons (Fsp3) is 0.714. The number of hydrogen-bond acceptors (Lipinski definition) is 8. The van der Waals surface area contributed by atoms with Crippen LogP contribution in [0.3, 0.4) is 0 Å². The zero-order chi connectivity index (χ0) is 23.5. The Bertz CT molecular complexity index is 700. The van der Waals surface area contributed by atoms with Crippen LogP contribution in [0.25, 0.3) is 0 Å². The van der Waals surface area contributed by atoms with E-state index in [1.54, 1.807) is 4.90 Å². The summed E-state index contributed by atoms with van der Waals surface area (Å²) in [6.07, 6.45) is 3.60. The van der Waals surface area contributed by atoms with Gasteiger partial charge in [0.25, 0.3) is 0 Å². The van der Waals surface area contributed by atoms with Crippen LogP contribution in [0.2, 0.25) is 0 Å². The molecule has 10 heteroatoms. The van der Waals surface area contributed by atoms with Gasteiger partial charge >= 0.3 is 15.2 Å². The quantitative estimate of drug-likeness (QED) is 0.277. The standard InChI is InChI=1S/C21H39NO7P2/c1-8-15-21(3,9-2)29-20-12-10-19(11-13-20)14-16-22(17-30(23,25-4)26-5)18-31(24,27-6)28-7/h10-13H,8-9,14-18H2,1-7H3. The summed E-state index contributed by atoms with van der Waals surface area (Å²) < 4.78 is 51.6. The third-order valence-corrected chi connectivity index (χ3v) is 9.11. The minimum absolute atomic E-state index is 0.0240. The van der Waals surface area contributed by atoms with Gasteiger partial charge in [-0.15, -0.1) is 0 Å². The molecule has 0 spiro atoms. The molecular formula is C21H39NO7P2. The van der Waals surface area contributed by atoms with Gasteiger partial charge in [0, 0.05) is 35.0 Å². The second-order valence-corrected chi connectivity index (χ2v) is 12.1. The third-order valence-electron chi connectivity index (χ3n) is 5.39. The molecule has 0 saturated carbocycles. The summed E-state index contributed by atoms with van der Waals surface area (Å²) >= 11 is 0. The lowest BCUT2D eigenvalue weighted by Crippen LogP contribution is -2.31. The molecule has 0 fully saturated rings. The molecule has 180 valence electrons. The van der Waals surface area contributed by atoms with Crippen LogP contribution in [0.1, 0.15) is 45.6 Å². The number of nitrogens with zero attached hydrogens (tertiary/aromatic N) is 1. The number of benzene rings is 1. The average Bonchev–Trinajstić information content (AvgIpc) is 2.78. The summed E-state index contributed by atoms with van der Waals surface area (Å²) in [5.41, 5.74) is 0.899. The first-order valence-electron chi connectivity index (χ1n) is 10.5. The molecule has 0 heterocycles. The Morgan fingerprint density at radius 3 is 1.74 bits per heavy atom. The maximum Gasteiger partial charge on any atom is 0.344 e. The molecule has 1 aromatic carbocycles. The summed E-state index contributed by atoms with van der Waals surface area (Å²) in [6, 6.07) is 7.95. The summed E-state index contributed by atoms with van der Waals surface area (Å²) in [4.78, 5) is 1.72. The van der Waals surface area contributed by atoms with Gasteiger partial charge < -0.3 is 22.8 Å². The van der Waals surface area contributed by atoms with Crippen LogP contribution in [0.4, 0.5) is 0 Å². The Hall–Kier alpha value is -0.720. The zero-order valence-electron chi connectivity index (χ0n) is 20.0. The Morgan fingerprint density at radius 1 is 0.871 bits per heavy atom. The van der Waals surface area contributed by atoms with Gasteiger partial charge in [-0.25, -0.2) is 0 Å². The zero-order valence-corrected chi connectivity index (χ0v) is 21.7. The normalized spacial score (nSPS) is 14.6. The van der Waals surface area contributed by atoms with Crippen molar-refractivity contribution >= 4 is 15.2 Å². The van der Waals surface area contributed by atoms with Crippen molar-refractivity contribution < 1.29 is 32.0 Å². The first-order chi connectivity index (χ1) is 14.6. The fourth-order valence-corrected chi connectivity index (χ4v) is 5.56. The summed E-state index contributed by atoms with van der Waals surface area (Å²) in [7, 11) is -1.35. The van der Waals surface area contributed by atoms with E-state index in [-0.39, 0.29) is 18.2 Å². The SMILES string of the molecule is CCCC(C)(CC)Oc1ccc(CCN(CP(=O)(OC)OC)CP(=O)(OC)OC)cc1. The van der Waals surface area contributed by atoms with Crippen LogP contribution in [-0.2, 0) is 33.6 Å². The molecule has 1 atom stereocenters. The molecule has 8 nitrogen and oxygen atoms in total. The molecule has 0 aromatic heterocycles. The Balaban J connectivity index is 2.87. The van der Waals surface area contributed by atoms with Crippen molar-refractivity contribution in [2.45, 2.75) is 52.1 Å². The Kier molecular flexibility index (Phi) is 12.0. The highest BCUT2D eigenvalue weighted by Gasteiger charge is 2.31. The summed E-state index contributed by atoms with van der Waals surface area (Å²) in [5.74, 6) is 0.838. The van der Waals surface area contributed by atoms with Crippen molar-refractivity contribution in [3.63, 3.8) is 0 Å². The molecule has 1 rings (SSSR count). The molecular weight excluding hydrogens is 440 g/mol. The van der Waals surface area contributed by atoms with E-state index in [0.717, 1.165) is 30.6 Å². The molecule has 1 aromatic rings. The number of hydrogen-bond donors (Lipinski definition) is 0. The molecule has 0 bridgehead atoms. The molecule has 0 aliphatic heterocycles. The lowest BCUT2D eigenvalue weighted by molar-refractivity contribution is 0.0741. The van der Waals surface area contributed by atoms with Crippen molar-refractivity contribution in [3.8, 4) is 5.75 Å². The predicted octanol–water partition coefficient (Wildman–Crippen LogP) is 5.77. The molecule has 0 saturated heterocycles. The van der Waals surface area contributed by atoms with E-state index in [1.165, 1.54) is 28.4 Å². The highest BCUT2D eigenvalue weighted by atomic mass is 31.2. The number of ether oxygens (including phenoxy) is 1. The minimum atomic E-state index is -3.33. The highest BCUT2D eigenvalue weighted by Crippen LogP contribution is 2.51. The van der Waals surface area contributed by atoms with E-state index >= 15 is 0 Å². The Labute approximate surface area is 187 Å². The average molecular weight is 479 g/mol. The van der Waals surface area contributed by atoms with E-state index in [4.69, 9.17) is 22.8 Å². The van der Waals surface area contributed by atoms with Gasteiger partial charge in [-0.3, -0.25) is 14.0 Å². The molecule has 0 aliphatic carbocycles. The third kappa shape index (κ3) is 9.35. The van der Waals surface area contributed by atoms with Crippen molar-refractivity contribution in [3.05, 3.63) is 29.8 Å². The molecule has 1 unspecified atom stereocenters. The minimum Gasteiger partial charge on any atom is -0.488 e. The second kappa shape index (κ2) is 13.1. The molecule has 0 radical (unpaired) electrons. The van der Waals surface area contributed by atoms with Crippen LogP contribution in [0.15, 0.2) is 24.3 Å². The maximum atomic E-state index is 12.6. The predicted molar refractivity (Wildman–Crippen MR) is 124 cm³/mol. The van der Waals surface area contributed by atoms with E-state index < -0.39 is 15.2 Å². The van der Waals surface area contributed by atoms with E-state index in [2.05, 4.69) is 20.8 Å². The van der Waals surface area contributed by atoms with Crippen LogP contribution >= 0.6 is 15.2 Å². The Morgan fingerprint density at radius 2 is 1.35 bits per heavy atom. The van der Waals surface area contributed by atoms with Crippen molar-refractivity contribution in [2.24, 2.45) is 0 Å². The van der Waals surface area contributed by atoms with Gasteiger partial charge in [0.15, 0.2) is 0 Å². The lowest BCUT2D eigenvalue weighted by atomic mass is 9.97. The molecule has 0 aliphatic rings. The fourth-order valence-electron chi connectivity index (χ4n) is 3.18. The van der Waals surface area contributed by atoms with Crippen molar-refractivity contribution in [1.82, 2.24) is 4.90 Å². The molecule has 31 heavy (non-hydrogen) atoms. The van der Waals surface area contributed by atoms with Crippen molar-refractivity contribution in [2.75, 3.05) is 47.6 Å². The van der Waals surface area contributed by atoms with Gasteiger partial charge in [0.2, 0.25) is 0 Å². The van der Waals surface area contributed by atoms with Crippen molar-refractivity contribution in [1.29, 1.82) is 0 Å². The largest absolute Gasteiger partial charge is 0.488 e. The second-order valence-electron chi connectivity index (χ2n) is 7.68. The van der Waals surface area contributed by atoms with Crippen LogP contribution < -0.4 is 4.74 Å². The van der Waals surface area contributed by atoms with Crippen LogP contribution in [-0.4, -0.2) is 58.1 Å².